The second-order valence-electron chi connectivity index (χ2n) is 9.14. The van der Waals surface area contributed by atoms with Gasteiger partial charge in [-0.1, -0.05) is 0 Å². The van der Waals surface area contributed by atoms with Crippen LogP contribution in [-0.2, 0) is 19.4 Å². The number of pyridine rings is 1. The molecule has 162 valence electrons. The molecular formula is C24H34N4O2. The molecule has 2 N–H and O–H groups in total. The third-order valence-electron chi connectivity index (χ3n) is 7.19. The van der Waals surface area contributed by atoms with Crippen molar-refractivity contribution in [2.45, 2.75) is 64.0 Å². The minimum absolute atomic E-state index is 0.0652. The van der Waals surface area contributed by atoms with Gasteiger partial charge < -0.3 is 14.3 Å². The molecular weight excluding hydrogens is 376 g/mol. The Hall–Kier alpha value is -1.89. The fourth-order valence-corrected chi connectivity index (χ4v) is 5.49. The third kappa shape index (κ3) is 4.27. The minimum atomic E-state index is 0.0652. The Kier molecular flexibility index (Phi) is 6.07. The van der Waals surface area contributed by atoms with Gasteiger partial charge in [-0.05, 0) is 82.2 Å². The van der Waals surface area contributed by atoms with Crippen LogP contribution in [0.1, 0.15) is 55.4 Å². The van der Waals surface area contributed by atoms with Crippen LogP contribution in [0, 0.1) is 0 Å². The van der Waals surface area contributed by atoms with Crippen molar-refractivity contribution in [1.82, 2.24) is 20.1 Å². The van der Waals surface area contributed by atoms with Crippen molar-refractivity contribution in [3.8, 4) is 11.3 Å². The number of aromatic nitrogens is 1. The molecule has 0 aromatic carbocycles. The summed E-state index contributed by atoms with van der Waals surface area (Å²) < 4.78 is 6.14. The average Bonchev–Trinajstić information content (AvgIpc) is 3.47. The molecule has 0 bridgehead atoms. The standard InChI is InChI=1S/C24H34N4O2/c29-24-21-6-2-1-5-20(21)22(16-26-24)23-8-7-19(30-23)15-25-17-27-13-9-18(10-14-27)28-11-3-4-12-28/h7-8,16,18,25H,1-6,9-15,17H2,(H,26,29). The summed E-state index contributed by atoms with van der Waals surface area (Å²) in [6.45, 7) is 6.63. The maximum atomic E-state index is 12.1. The summed E-state index contributed by atoms with van der Waals surface area (Å²) in [7, 11) is 0. The number of nitrogens with one attached hydrogen (secondary N) is 2. The van der Waals surface area contributed by atoms with E-state index in [2.05, 4.69) is 26.2 Å². The minimum Gasteiger partial charge on any atom is -0.460 e. The van der Waals surface area contributed by atoms with Gasteiger partial charge in [-0.15, -0.1) is 0 Å². The molecule has 2 fully saturated rings. The highest BCUT2D eigenvalue weighted by molar-refractivity contribution is 5.63. The van der Waals surface area contributed by atoms with Gasteiger partial charge >= 0.3 is 0 Å². The van der Waals surface area contributed by atoms with Gasteiger partial charge in [0.05, 0.1) is 6.54 Å². The first kappa shape index (κ1) is 20.0. The Morgan fingerprint density at radius 2 is 1.77 bits per heavy atom. The Balaban J connectivity index is 1.14. The highest BCUT2D eigenvalue weighted by Gasteiger charge is 2.26. The van der Waals surface area contributed by atoms with Crippen LogP contribution < -0.4 is 10.9 Å². The summed E-state index contributed by atoms with van der Waals surface area (Å²) in [6, 6.07) is 4.91. The van der Waals surface area contributed by atoms with E-state index in [1.54, 1.807) is 0 Å². The number of fused-ring (bicyclic) bond motifs is 1. The number of piperidine rings is 1. The molecule has 30 heavy (non-hydrogen) atoms. The number of hydrogen-bond donors (Lipinski definition) is 2. The van der Waals surface area contributed by atoms with Crippen molar-refractivity contribution in [2.75, 3.05) is 32.8 Å². The summed E-state index contributed by atoms with van der Waals surface area (Å²) in [5, 5.41) is 3.55. The topological polar surface area (TPSA) is 64.5 Å². The van der Waals surface area contributed by atoms with E-state index in [-0.39, 0.29) is 5.56 Å². The van der Waals surface area contributed by atoms with Crippen molar-refractivity contribution in [1.29, 1.82) is 0 Å². The zero-order chi connectivity index (χ0) is 20.3. The second-order valence-corrected chi connectivity index (χ2v) is 9.14. The van der Waals surface area contributed by atoms with Crippen LogP contribution in [0.5, 0.6) is 0 Å². The van der Waals surface area contributed by atoms with E-state index < -0.39 is 0 Å². The third-order valence-corrected chi connectivity index (χ3v) is 7.19. The molecule has 3 aliphatic rings. The normalized spacial score (nSPS) is 21.2. The van der Waals surface area contributed by atoms with E-state index in [1.807, 2.05) is 12.3 Å². The lowest BCUT2D eigenvalue weighted by Crippen LogP contribution is -2.46. The van der Waals surface area contributed by atoms with Gasteiger partial charge in [0, 0.05) is 43.1 Å². The number of likely N-dealkylation sites (tertiary alicyclic amines) is 2. The first-order chi connectivity index (χ1) is 14.8. The smallest absolute Gasteiger partial charge is 0.251 e. The van der Waals surface area contributed by atoms with Crippen LogP contribution in [-0.4, -0.2) is 53.7 Å². The highest BCUT2D eigenvalue weighted by atomic mass is 16.3. The molecule has 5 rings (SSSR count). The fourth-order valence-electron chi connectivity index (χ4n) is 5.49. The lowest BCUT2D eigenvalue weighted by atomic mass is 9.89. The molecule has 0 unspecified atom stereocenters. The molecule has 2 aromatic rings. The Morgan fingerprint density at radius 1 is 1.00 bits per heavy atom. The van der Waals surface area contributed by atoms with Gasteiger partial charge in [-0.25, -0.2) is 0 Å². The summed E-state index contributed by atoms with van der Waals surface area (Å²) in [5.41, 5.74) is 3.25. The molecule has 2 aromatic heterocycles. The van der Waals surface area contributed by atoms with Gasteiger partial charge in [-0.3, -0.25) is 15.0 Å². The number of furan rings is 1. The van der Waals surface area contributed by atoms with Crippen LogP contribution >= 0.6 is 0 Å². The van der Waals surface area contributed by atoms with E-state index in [0.717, 1.165) is 67.6 Å². The molecule has 0 radical (unpaired) electrons. The van der Waals surface area contributed by atoms with Crippen LogP contribution in [0.4, 0.5) is 0 Å². The van der Waals surface area contributed by atoms with Crippen LogP contribution in [0.2, 0.25) is 0 Å². The van der Waals surface area contributed by atoms with E-state index in [0.29, 0.717) is 0 Å². The number of aromatic amines is 1. The van der Waals surface area contributed by atoms with E-state index >= 15 is 0 Å². The lowest BCUT2D eigenvalue weighted by molar-refractivity contribution is 0.120. The van der Waals surface area contributed by atoms with Gasteiger partial charge in [-0.2, -0.15) is 0 Å². The van der Waals surface area contributed by atoms with Gasteiger partial charge in [0.15, 0.2) is 0 Å². The predicted octanol–water partition coefficient (Wildman–Crippen LogP) is 3.12. The largest absolute Gasteiger partial charge is 0.460 e. The first-order valence-corrected chi connectivity index (χ1v) is 11.8. The zero-order valence-corrected chi connectivity index (χ0v) is 17.9. The van der Waals surface area contributed by atoms with Gasteiger partial charge in [0.1, 0.15) is 11.5 Å². The Labute approximate surface area is 178 Å². The molecule has 6 nitrogen and oxygen atoms in total. The molecule has 1 aliphatic carbocycles. The molecule has 0 atom stereocenters. The van der Waals surface area contributed by atoms with E-state index in [4.69, 9.17) is 4.42 Å². The summed E-state index contributed by atoms with van der Waals surface area (Å²) in [6.07, 6.45) is 11.3. The Morgan fingerprint density at radius 3 is 2.57 bits per heavy atom. The monoisotopic (exact) mass is 410 g/mol. The average molecular weight is 411 g/mol. The van der Waals surface area contributed by atoms with E-state index in [9.17, 15) is 4.79 Å². The lowest BCUT2D eigenvalue weighted by Gasteiger charge is -2.36. The Bertz CT molecular complexity index is 904. The van der Waals surface area contributed by atoms with Gasteiger partial charge in [0.25, 0.3) is 5.56 Å². The maximum absolute atomic E-state index is 12.1. The number of rotatable bonds is 6. The summed E-state index contributed by atoms with van der Waals surface area (Å²) >= 11 is 0. The number of H-pyrrole nitrogens is 1. The quantitative estimate of drug-likeness (QED) is 0.766. The molecule has 0 saturated carbocycles. The summed E-state index contributed by atoms with van der Waals surface area (Å²) in [5.74, 6) is 1.82. The van der Waals surface area contributed by atoms with Crippen molar-refractivity contribution >= 4 is 0 Å². The van der Waals surface area contributed by atoms with Crippen molar-refractivity contribution in [2.24, 2.45) is 0 Å². The molecule has 2 aliphatic heterocycles. The number of nitrogens with zero attached hydrogens (tertiary/aromatic N) is 2. The van der Waals surface area contributed by atoms with Crippen molar-refractivity contribution in [3.63, 3.8) is 0 Å². The first-order valence-electron chi connectivity index (χ1n) is 11.8. The summed E-state index contributed by atoms with van der Waals surface area (Å²) in [4.78, 5) is 20.3. The maximum Gasteiger partial charge on any atom is 0.251 e. The molecule has 2 saturated heterocycles. The fraction of sp³-hybridized carbons (Fsp3) is 0.625. The molecule has 0 amide bonds. The molecule has 4 heterocycles. The van der Waals surface area contributed by atoms with Crippen LogP contribution in [0.25, 0.3) is 11.3 Å². The molecule has 6 heteroatoms. The zero-order valence-electron chi connectivity index (χ0n) is 17.9. The SMILES string of the molecule is O=c1[nH]cc(-c2ccc(CNCN3CCC(N4CCCC4)CC3)o2)c2c1CCCC2. The van der Waals surface area contributed by atoms with E-state index in [1.165, 1.54) is 57.4 Å². The van der Waals surface area contributed by atoms with Crippen molar-refractivity contribution in [3.05, 3.63) is 45.6 Å². The van der Waals surface area contributed by atoms with Crippen LogP contribution in [0.3, 0.4) is 0 Å². The number of hydrogen-bond acceptors (Lipinski definition) is 5. The predicted molar refractivity (Wildman–Crippen MR) is 119 cm³/mol. The van der Waals surface area contributed by atoms with Crippen LogP contribution in [0.15, 0.2) is 27.5 Å². The molecule has 0 spiro atoms. The van der Waals surface area contributed by atoms with Gasteiger partial charge in [0.2, 0.25) is 0 Å². The highest BCUT2D eigenvalue weighted by Crippen LogP contribution is 2.30. The second kappa shape index (κ2) is 9.08. The van der Waals surface area contributed by atoms with Crippen molar-refractivity contribution < 1.29 is 4.42 Å².